The third-order valence-corrected chi connectivity index (χ3v) is 8.87. The SMILES string of the molecule is Cc1cc(C)c2c(c1)C(NC(=O)C1CCN(S(=O)(=O)c3ccc4ccccc4c3)CC1)CCO2. The first kappa shape index (κ1) is 22.9. The third kappa shape index (κ3) is 4.30. The molecule has 1 fully saturated rings. The van der Waals surface area contributed by atoms with Crippen LogP contribution >= 0.6 is 0 Å². The summed E-state index contributed by atoms with van der Waals surface area (Å²) in [6, 6.07) is 17.1. The van der Waals surface area contributed by atoms with E-state index in [9.17, 15) is 13.2 Å². The van der Waals surface area contributed by atoms with Crippen molar-refractivity contribution in [3.63, 3.8) is 0 Å². The summed E-state index contributed by atoms with van der Waals surface area (Å²) in [5, 5.41) is 5.13. The molecule has 6 nitrogen and oxygen atoms in total. The Balaban J connectivity index is 1.25. The minimum absolute atomic E-state index is 0.000220. The molecule has 5 rings (SSSR count). The van der Waals surface area contributed by atoms with Crippen LogP contribution in [0.15, 0.2) is 59.5 Å². The van der Waals surface area contributed by atoms with E-state index in [-0.39, 0.29) is 17.9 Å². The maximum absolute atomic E-state index is 13.2. The van der Waals surface area contributed by atoms with Crippen LogP contribution in [-0.4, -0.2) is 38.3 Å². The van der Waals surface area contributed by atoms with E-state index in [1.165, 1.54) is 4.31 Å². The molecule has 0 aromatic heterocycles. The molecule has 2 aliphatic heterocycles. The van der Waals surface area contributed by atoms with Gasteiger partial charge in [0.15, 0.2) is 0 Å². The predicted molar refractivity (Wildman–Crippen MR) is 132 cm³/mol. The molecule has 1 N–H and O–H groups in total. The van der Waals surface area contributed by atoms with Crippen LogP contribution in [-0.2, 0) is 14.8 Å². The van der Waals surface area contributed by atoms with Crippen molar-refractivity contribution in [1.82, 2.24) is 9.62 Å². The average Bonchev–Trinajstić information content (AvgIpc) is 2.84. The van der Waals surface area contributed by atoms with Gasteiger partial charge in [-0.2, -0.15) is 4.31 Å². The van der Waals surface area contributed by atoms with Gasteiger partial charge in [0, 0.05) is 31.0 Å². The Morgan fingerprint density at radius 3 is 2.47 bits per heavy atom. The van der Waals surface area contributed by atoms with Crippen LogP contribution in [0.3, 0.4) is 0 Å². The molecular formula is C27H30N2O4S. The van der Waals surface area contributed by atoms with Gasteiger partial charge in [-0.3, -0.25) is 4.79 Å². The van der Waals surface area contributed by atoms with Gasteiger partial charge in [-0.1, -0.05) is 48.0 Å². The van der Waals surface area contributed by atoms with Crippen molar-refractivity contribution in [2.75, 3.05) is 19.7 Å². The van der Waals surface area contributed by atoms with Crippen molar-refractivity contribution in [1.29, 1.82) is 0 Å². The average molecular weight is 479 g/mol. The van der Waals surface area contributed by atoms with Crippen LogP contribution in [0.1, 0.15) is 42.0 Å². The summed E-state index contributed by atoms with van der Waals surface area (Å²) in [6.45, 7) is 5.34. The number of amides is 1. The quantitative estimate of drug-likeness (QED) is 0.599. The molecule has 178 valence electrons. The van der Waals surface area contributed by atoms with Gasteiger partial charge in [-0.15, -0.1) is 0 Å². The number of benzene rings is 3. The summed E-state index contributed by atoms with van der Waals surface area (Å²) >= 11 is 0. The Morgan fingerprint density at radius 1 is 0.971 bits per heavy atom. The van der Waals surface area contributed by atoms with Crippen molar-refractivity contribution in [2.45, 2.75) is 44.0 Å². The molecule has 2 heterocycles. The molecule has 3 aromatic rings. The van der Waals surface area contributed by atoms with Crippen molar-refractivity contribution in [3.05, 3.63) is 71.3 Å². The standard InChI is InChI=1S/C27H30N2O4S/c1-18-15-19(2)26-24(16-18)25(11-14-33-26)28-27(30)21-9-12-29(13-10-21)34(31,32)23-8-7-20-5-3-4-6-22(20)17-23/h3-8,15-17,21,25H,9-14H2,1-2H3,(H,28,30). The van der Waals surface area contributed by atoms with Gasteiger partial charge in [-0.25, -0.2) is 8.42 Å². The summed E-state index contributed by atoms with van der Waals surface area (Å²) in [5.74, 6) is 0.679. The summed E-state index contributed by atoms with van der Waals surface area (Å²) in [6.07, 6.45) is 1.76. The number of carbonyl (C=O) groups excluding carboxylic acids is 1. The monoisotopic (exact) mass is 478 g/mol. The van der Waals surface area contributed by atoms with Gasteiger partial charge in [0.25, 0.3) is 0 Å². The summed E-state index contributed by atoms with van der Waals surface area (Å²) in [7, 11) is -3.59. The molecule has 0 bridgehead atoms. The molecule has 0 aliphatic carbocycles. The molecule has 1 amide bonds. The Bertz CT molecular complexity index is 1340. The molecule has 2 aliphatic rings. The zero-order valence-corrected chi connectivity index (χ0v) is 20.4. The number of nitrogens with zero attached hydrogens (tertiary/aromatic N) is 1. The van der Waals surface area contributed by atoms with E-state index in [2.05, 4.69) is 17.4 Å². The smallest absolute Gasteiger partial charge is 0.243 e. The highest BCUT2D eigenvalue weighted by Gasteiger charge is 2.34. The molecule has 34 heavy (non-hydrogen) atoms. The lowest BCUT2D eigenvalue weighted by atomic mass is 9.93. The first-order valence-corrected chi connectivity index (χ1v) is 13.3. The molecular weight excluding hydrogens is 448 g/mol. The number of rotatable bonds is 4. The number of nitrogens with one attached hydrogen (secondary N) is 1. The van der Waals surface area contributed by atoms with E-state index in [0.29, 0.717) is 37.4 Å². The summed E-state index contributed by atoms with van der Waals surface area (Å²) < 4.78 is 33.8. The Kier molecular flexibility index (Phi) is 6.08. The summed E-state index contributed by atoms with van der Waals surface area (Å²) in [5.41, 5.74) is 3.27. The highest BCUT2D eigenvalue weighted by Crippen LogP contribution is 2.36. The number of piperidine rings is 1. The number of fused-ring (bicyclic) bond motifs is 2. The second-order valence-electron chi connectivity index (χ2n) is 9.39. The fourth-order valence-corrected chi connectivity index (χ4v) is 6.66. The molecule has 3 aromatic carbocycles. The Morgan fingerprint density at radius 2 is 1.71 bits per heavy atom. The lowest BCUT2D eigenvalue weighted by Gasteiger charge is -2.33. The van der Waals surface area contributed by atoms with E-state index >= 15 is 0 Å². The van der Waals surface area contributed by atoms with Gasteiger partial charge >= 0.3 is 0 Å². The number of ether oxygens (including phenoxy) is 1. The minimum Gasteiger partial charge on any atom is -0.493 e. The fraction of sp³-hybridized carbons (Fsp3) is 0.370. The van der Waals surface area contributed by atoms with E-state index in [4.69, 9.17) is 4.74 Å². The number of sulfonamides is 1. The topological polar surface area (TPSA) is 75.7 Å². The molecule has 0 radical (unpaired) electrons. The predicted octanol–water partition coefficient (Wildman–Crippen LogP) is 4.50. The van der Waals surface area contributed by atoms with Crippen molar-refractivity contribution in [3.8, 4) is 5.75 Å². The van der Waals surface area contributed by atoms with E-state index in [1.807, 2.05) is 44.2 Å². The second kappa shape index (κ2) is 9.04. The maximum atomic E-state index is 13.2. The highest BCUT2D eigenvalue weighted by molar-refractivity contribution is 7.89. The van der Waals surface area contributed by atoms with Crippen LogP contribution in [0, 0.1) is 19.8 Å². The van der Waals surface area contributed by atoms with Gasteiger partial charge in [0.1, 0.15) is 5.75 Å². The lowest BCUT2D eigenvalue weighted by molar-refractivity contribution is -0.127. The number of aryl methyl sites for hydroxylation is 2. The van der Waals surface area contributed by atoms with Crippen molar-refractivity contribution in [2.24, 2.45) is 5.92 Å². The van der Waals surface area contributed by atoms with Gasteiger partial charge in [0.2, 0.25) is 15.9 Å². The zero-order chi connectivity index (χ0) is 23.9. The lowest BCUT2D eigenvalue weighted by Crippen LogP contribution is -2.44. The highest BCUT2D eigenvalue weighted by atomic mass is 32.2. The van der Waals surface area contributed by atoms with Crippen molar-refractivity contribution < 1.29 is 17.9 Å². The molecule has 1 atom stereocenters. The van der Waals surface area contributed by atoms with E-state index in [1.54, 1.807) is 12.1 Å². The zero-order valence-electron chi connectivity index (χ0n) is 19.6. The van der Waals surface area contributed by atoms with E-state index in [0.717, 1.165) is 39.6 Å². The van der Waals surface area contributed by atoms with Gasteiger partial charge in [-0.05, 0) is 55.2 Å². The molecule has 0 spiro atoms. The van der Waals surface area contributed by atoms with Crippen LogP contribution < -0.4 is 10.1 Å². The number of hydrogen-bond acceptors (Lipinski definition) is 4. The van der Waals surface area contributed by atoms with Crippen molar-refractivity contribution >= 4 is 26.7 Å². The number of carbonyl (C=O) groups is 1. The second-order valence-corrected chi connectivity index (χ2v) is 11.3. The van der Waals surface area contributed by atoms with Crippen LogP contribution in [0.4, 0.5) is 0 Å². The Hall–Kier alpha value is -2.90. The molecule has 7 heteroatoms. The molecule has 1 unspecified atom stereocenters. The maximum Gasteiger partial charge on any atom is 0.243 e. The van der Waals surface area contributed by atoms with Crippen LogP contribution in [0.5, 0.6) is 5.75 Å². The first-order valence-electron chi connectivity index (χ1n) is 11.9. The van der Waals surface area contributed by atoms with E-state index < -0.39 is 10.0 Å². The van der Waals surface area contributed by atoms with Gasteiger partial charge in [0.05, 0.1) is 17.5 Å². The normalized spacial score (nSPS) is 19.4. The largest absolute Gasteiger partial charge is 0.493 e. The first-order chi connectivity index (χ1) is 16.3. The minimum atomic E-state index is -3.59. The van der Waals surface area contributed by atoms with Crippen LogP contribution in [0.2, 0.25) is 0 Å². The van der Waals surface area contributed by atoms with Crippen LogP contribution in [0.25, 0.3) is 10.8 Å². The number of hydrogen-bond donors (Lipinski definition) is 1. The fourth-order valence-electron chi connectivity index (χ4n) is 5.15. The summed E-state index contributed by atoms with van der Waals surface area (Å²) in [4.78, 5) is 13.4. The van der Waals surface area contributed by atoms with Gasteiger partial charge < -0.3 is 10.1 Å². The third-order valence-electron chi connectivity index (χ3n) is 6.98. The Labute approximate surface area is 201 Å². The molecule has 0 saturated carbocycles. The molecule has 1 saturated heterocycles.